The van der Waals surface area contributed by atoms with Crippen LogP contribution in [-0.2, 0) is 4.79 Å². The van der Waals surface area contributed by atoms with Crippen LogP contribution in [0.4, 0.5) is 4.39 Å². The zero-order valence-corrected chi connectivity index (χ0v) is 8.44. The third-order valence-corrected chi connectivity index (χ3v) is 1.57. The third-order valence-electron chi connectivity index (χ3n) is 1.57. The van der Waals surface area contributed by atoms with Crippen molar-refractivity contribution in [1.29, 1.82) is 0 Å². The smallest absolute Gasteiger partial charge is 0.423 e. The fourth-order valence-corrected chi connectivity index (χ4v) is 0.828. The van der Waals surface area contributed by atoms with E-state index in [1.807, 2.05) is 0 Å². The minimum Gasteiger partial charge on any atom is -0.423 e. The molecule has 80 valence electrons. The van der Waals surface area contributed by atoms with Crippen molar-refractivity contribution in [2.75, 3.05) is 7.05 Å². The van der Waals surface area contributed by atoms with E-state index in [0.717, 1.165) is 0 Å². The SMILES string of the molecule is CN=C=O.Cc1cc(B(O)O)ccc1F. The van der Waals surface area contributed by atoms with Crippen molar-refractivity contribution < 1.29 is 19.2 Å². The van der Waals surface area contributed by atoms with Gasteiger partial charge in [-0.05, 0) is 24.0 Å². The van der Waals surface area contributed by atoms with Crippen molar-refractivity contribution in [2.24, 2.45) is 4.99 Å². The molecule has 0 radical (unpaired) electrons. The molecule has 0 aliphatic rings. The number of carbonyl (C=O) groups excluding carboxylic acids is 1. The summed E-state index contributed by atoms with van der Waals surface area (Å²) in [5, 5.41) is 17.3. The van der Waals surface area contributed by atoms with Crippen LogP contribution in [0.1, 0.15) is 5.56 Å². The van der Waals surface area contributed by atoms with Crippen LogP contribution in [0.5, 0.6) is 0 Å². The number of benzene rings is 1. The van der Waals surface area contributed by atoms with Gasteiger partial charge in [0.2, 0.25) is 6.08 Å². The van der Waals surface area contributed by atoms with Crippen LogP contribution in [0.15, 0.2) is 23.2 Å². The highest BCUT2D eigenvalue weighted by Gasteiger charge is 2.11. The number of rotatable bonds is 1. The molecule has 0 spiro atoms. The molecule has 0 fully saturated rings. The van der Waals surface area contributed by atoms with Crippen LogP contribution in [0.2, 0.25) is 0 Å². The quantitative estimate of drug-likeness (QED) is 0.382. The largest absolute Gasteiger partial charge is 0.488 e. The highest BCUT2D eigenvalue weighted by atomic mass is 19.1. The van der Waals surface area contributed by atoms with E-state index in [1.165, 1.54) is 31.3 Å². The Hall–Kier alpha value is -1.49. The topological polar surface area (TPSA) is 69.9 Å². The molecule has 1 aromatic rings. The summed E-state index contributed by atoms with van der Waals surface area (Å²) in [6, 6.07) is 3.96. The van der Waals surface area contributed by atoms with Crippen molar-refractivity contribution >= 4 is 18.7 Å². The first kappa shape index (κ1) is 13.5. The lowest BCUT2D eigenvalue weighted by Gasteiger charge is -2.00. The molecule has 1 rings (SSSR count). The highest BCUT2D eigenvalue weighted by Crippen LogP contribution is 2.01. The molecule has 6 heteroatoms. The molecule has 15 heavy (non-hydrogen) atoms. The predicted octanol–water partition coefficient (Wildman–Crippen LogP) is -0.234. The Morgan fingerprint density at radius 2 is 2.00 bits per heavy atom. The number of isocyanates is 1. The Kier molecular flexibility index (Phi) is 6.21. The van der Waals surface area contributed by atoms with Crippen LogP contribution in [0, 0.1) is 12.7 Å². The van der Waals surface area contributed by atoms with Crippen molar-refractivity contribution in [2.45, 2.75) is 6.92 Å². The summed E-state index contributed by atoms with van der Waals surface area (Å²) in [5.74, 6) is -0.339. The molecule has 1 aromatic carbocycles. The van der Waals surface area contributed by atoms with Gasteiger partial charge in [0.15, 0.2) is 0 Å². The van der Waals surface area contributed by atoms with E-state index < -0.39 is 7.12 Å². The second-order valence-electron chi connectivity index (χ2n) is 2.70. The Balaban J connectivity index is 0.000000423. The lowest BCUT2D eigenvalue weighted by molar-refractivity contribution is 0.425. The van der Waals surface area contributed by atoms with Crippen molar-refractivity contribution in [1.82, 2.24) is 0 Å². The van der Waals surface area contributed by atoms with E-state index in [-0.39, 0.29) is 5.82 Å². The summed E-state index contributed by atoms with van der Waals surface area (Å²) in [7, 11) is -0.137. The number of hydrogen-bond donors (Lipinski definition) is 2. The van der Waals surface area contributed by atoms with Gasteiger partial charge in [-0.15, -0.1) is 0 Å². The van der Waals surface area contributed by atoms with Gasteiger partial charge in [0.1, 0.15) is 5.82 Å². The van der Waals surface area contributed by atoms with Gasteiger partial charge in [-0.3, -0.25) is 0 Å². The maximum atomic E-state index is 12.6. The summed E-state index contributed by atoms with van der Waals surface area (Å²) in [6.45, 7) is 1.57. The van der Waals surface area contributed by atoms with Gasteiger partial charge >= 0.3 is 7.12 Å². The Morgan fingerprint density at radius 3 is 2.33 bits per heavy atom. The molecule has 0 aliphatic carbocycles. The molecule has 0 aromatic heterocycles. The summed E-state index contributed by atoms with van der Waals surface area (Å²) < 4.78 is 12.6. The third kappa shape index (κ3) is 5.07. The minimum absolute atomic E-state index is 0.309. The zero-order chi connectivity index (χ0) is 11.8. The number of nitrogens with zero attached hydrogens (tertiary/aromatic N) is 1. The molecule has 0 atom stereocenters. The van der Waals surface area contributed by atoms with E-state index in [9.17, 15) is 4.39 Å². The summed E-state index contributed by atoms with van der Waals surface area (Å²) in [5.41, 5.74) is 0.722. The van der Waals surface area contributed by atoms with Crippen molar-refractivity contribution in [3.8, 4) is 0 Å². The molecule has 0 aliphatic heterocycles. The van der Waals surface area contributed by atoms with Gasteiger partial charge in [0, 0.05) is 7.05 Å². The second kappa shape index (κ2) is 6.89. The lowest BCUT2D eigenvalue weighted by atomic mass is 9.80. The van der Waals surface area contributed by atoms with Crippen molar-refractivity contribution in [3.63, 3.8) is 0 Å². The normalized spacial score (nSPS) is 8.33. The maximum Gasteiger partial charge on any atom is 0.488 e. The Bertz CT molecular complexity index is 364. The van der Waals surface area contributed by atoms with Crippen LogP contribution in [0.25, 0.3) is 0 Å². The fraction of sp³-hybridized carbons (Fsp3) is 0.222. The second-order valence-corrected chi connectivity index (χ2v) is 2.70. The molecule has 2 N–H and O–H groups in total. The standard InChI is InChI=1S/C7H8BFO2.C2H3NO/c1-5-4-6(8(10)11)2-3-7(5)9;1-3-2-4/h2-4,10-11H,1H3;1H3. The molecule has 0 bridgehead atoms. The summed E-state index contributed by atoms with van der Waals surface area (Å²) in [4.78, 5) is 11.8. The van der Waals surface area contributed by atoms with Gasteiger partial charge in [0.25, 0.3) is 0 Å². The van der Waals surface area contributed by atoms with Crippen LogP contribution >= 0.6 is 0 Å². The molecule has 0 amide bonds. The monoisotopic (exact) mass is 211 g/mol. The van der Waals surface area contributed by atoms with Crippen molar-refractivity contribution in [3.05, 3.63) is 29.6 Å². The molecule has 0 unspecified atom stereocenters. The van der Waals surface area contributed by atoms with Crippen LogP contribution in [-0.4, -0.2) is 30.3 Å². The van der Waals surface area contributed by atoms with Gasteiger partial charge in [-0.2, -0.15) is 0 Å². The molecular weight excluding hydrogens is 200 g/mol. The van der Waals surface area contributed by atoms with Crippen LogP contribution in [0.3, 0.4) is 0 Å². The fourth-order valence-electron chi connectivity index (χ4n) is 0.828. The van der Waals surface area contributed by atoms with Gasteiger partial charge in [-0.1, -0.05) is 12.1 Å². The number of aliphatic imine (C=N–C) groups is 1. The van der Waals surface area contributed by atoms with E-state index >= 15 is 0 Å². The van der Waals surface area contributed by atoms with Gasteiger partial charge in [0.05, 0.1) is 0 Å². The average molecular weight is 211 g/mol. The molecule has 0 saturated carbocycles. The van der Waals surface area contributed by atoms with Gasteiger partial charge in [-0.25, -0.2) is 14.2 Å². The number of halogens is 1. The van der Waals surface area contributed by atoms with Crippen LogP contribution < -0.4 is 5.46 Å². The Labute approximate surface area is 87.2 Å². The minimum atomic E-state index is -1.52. The molecule has 4 nitrogen and oxygen atoms in total. The first-order valence-corrected chi connectivity index (χ1v) is 4.11. The summed E-state index contributed by atoms with van der Waals surface area (Å²) in [6.07, 6.45) is 1.31. The first-order valence-electron chi connectivity index (χ1n) is 4.11. The Morgan fingerprint density at radius 1 is 1.47 bits per heavy atom. The van der Waals surface area contributed by atoms with E-state index in [2.05, 4.69) is 4.99 Å². The van der Waals surface area contributed by atoms with E-state index in [1.54, 1.807) is 6.92 Å². The first-order chi connectivity index (χ1) is 7.02. The average Bonchev–Trinajstić information content (AvgIpc) is 2.22. The predicted molar refractivity (Wildman–Crippen MR) is 55.0 cm³/mol. The number of aryl methyl sites for hydroxylation is 1. The lowest BCUT2D eigenvalue weighted by Crippen LogP contribution is -2.29. The zero-order valence-electron chi connectivity index (χ0n) is 8.44. The highest BCUT2D eigenvalue weighted by molar-refractivity contribution is 6.58. The maximum absolute atomic E-state index is 12.6. The van der Waals surface area contributed by atoms with Gasteiger partial charge < -0.3 is 10.0 Å². The summed E-state index contributed by atoms with van der Waals surface area (Å²) >= 11 is 0. The molecule has 0 heterocycles. The van der Waals surface area contributed by atoms with E-state index in [4.69, 9.17) is 14.8 Å². The van der Waals surface area contributed by atoms with E-state index in [0.29, 0.717) is 11.0 Å². The molecular formula is C9H11BFNO3. The number of hydrogen-bond acceptors (Lipinski definition) is 4. The molecule has 0 saturated heterocycles.